The Balaban J connectivity index is 0.00000156. The first-order valence-corrected chi connectivity index (χ1v) is 7.08. The smallest absolute Gasteiger partial charge is 0.137 e. The zero-order chi connectivity index (χ0) is 15.1. The molecule has 0 amide bonds. The van der Waals surface area contributed by atoms with Gasteiger partial charge in [0.05, 0.1) is 5.36 Å². The molecule has 4 heteroatoms. The van der Waals surface area contributed by atoms with Gasteiger partial charge in [-0.2, -0.15) is 0 Å². The Morgan fingerprint density at radius 2 is 1.65 bits per heavy atom. The molecule has 0 radical (unpaired) electrons. The number of nitrogen functional groups attached to an aromatic ring is 1. The lowest BCUT2D eigenvalue weighted by molar-refractivity contribution is -0.00000501. The number of rotatable bonds is 1. The molecule has 0 saturated heterocycles. The number of anilines is 1. The SMILES string of the molecule is N=c1ccc2c(-c3ccccc3)c3ccc(N)cc3oc-2c1.[Cl-]. The molecule has 23 heavy (non-hydrogen) atoms. The minimum absolute atomic E-state index is 0. The number of nitrogens with one attached hydrogen (secondary N) is 1. The summed E-state index contributed by atoms with van der Waals surface area (Å²) in [6.45, 7) is 0. The quantitative estimate of drug-likeness (QED) is 0.410. The van der Waals surface area contributed by atoms with Gasteiger partial charge in [0.2, 0.25) is 0 Å². The van der Waals surface area contributed by atoms with E-state index in [0.29, 0.717) is 16.8 Å². The molecule has 3 N–H and O–H groups in total. The average Bonchev–Trinajstić information content (AvgIpc) is 2.53. The number of fused-ring (bicyclic) bond motifs is 2. The van der Waals surface area contributed by atoms with Gasteiger partial charge in [-0.3, -0.25) is 0 Å². The van der Waals surface area contributed by atoms with E-state index in [4.69, 9.17) is 15.6 Å². The standard InChI is InChI=1S/C19H14N2O.ClH/c20-13-6-8-15-17(10-13)22-18-11-14(21)7-9-16(18)19(15)12-4-2-1-3-5-12;/h1-11,20H,21H2;1H/p-1. The minimum atomic E-state index is 0. The fourth-order valence-corrected chi connectivity index (χ4v) is 2.82. The highest BCUT2D eigenvalue weighted by Crippen LogP contribution is 2.39. The van der Waals surface area contributed by atoms with E-state index in [1.54, 1.807) is 12.1 Å². The molecule has 114 valence electrons. The van der Waals surface area contributed by atoms with Crippen LogP contribution >= 0.6 is 0 Å². The third-order valence-corrected chi connectivity index (χ3v) is 3.81. The van der Waals surface area contributed by atoms with Crippen LogP contribution in [0.1, 0.15) is 0 Å². The lowest BCUT2D eigenvalue weighted by Crippen LogP contribution is -3.00. The first-order valence-electron chi connectivity index (χ1n) is 7.08. The number of benzene rings is 3. The van der Waals surface area contributed by atoms with Crippen molar-refractivity contribution in [1.29, 1.82) is 5.41 Å². The first kappa shape index (κ1) is 15.1. The summed E-state index contributed by atoms with van der Waals surface area (Å²) in [7, 11) is 0. The van der Waals surface area contributed by atoms with Crippen LogP contribution < -0.4 is 23.5 Å². The molecule has 2 aliphatic rings. The number of halogens is 1. The number of hydrogen-bond acceptors (Lipinski definition) is 3. The van der Waals surface area contributed by atoms with Crippen molar-refractivity contribution in [3.8, 4) is 22.5 Å². The highest BCUT2D eigenvalue weighted by molar-refractivity contribution is 6.02. The monoisotopic (exact) mass is 321 g/mol. The summed E-state index contributed by atoms with van der Waals surface area (Å²) in [5, 5.41) is 9.27. The molecular formula is C19H14ClN2O-. The van der Waals surface area contributed by atoms with Gasteiger partial charge >= 0.3 is 0 Å². The molecule has 0 saturated carbocycles. The highest BCUT2D eigenvalue weighted by Gasteiger charge is 2.16. The van der Waals surface area contributed by atoms with Crippen molar-refractivity contribution >= 4 is 16.7 Å². The summed E-state index contributed by atoms with van der Waals surface area (Å²) in [5.41, 5.74) is 10.5. The van der Waals surface area contributed by atoms with E-state index in [1.807, 2.05) is 42.5 Å². The van der Waals surface area contributed by atoms with Crippen LogP contribution in [0.2, 0.25) is 0 Å². The topological polar surface area (TPSA) is 63.0 Å². The molecule has 2 aromatic carbocycles. The van der Waals surface area contributed by atoms with Crippen molar-refractivity contribution in [1.82, 2.24) is 0 Å². The van der Waals surface area contributed by atoms with E-state index >= 15 is 0 Å². The molecule has 0 aromatic heterocycles. The van der Waals surface area contributed by atoms with Gasteiger partial charge in [0.1, 0.15) is 11.3 Å². The summed E-state index contributed by atoms with van der Waals surface area (Å²) in [4.78, 5) is 0. The Morgan fingerprint density at radius 1 is 0.870 bits per heavy atom. The Hall–Kier alpha value is -2.78. The van der Waals surface area contributed by atoms with Crippen molar-refractivity contribution in [3.05, 3.63) is 72.1 Å². The molecule has 1 aliphatic heterocycles. The van der Waals surface area contributed by atoms with Crippen LogP contribution in [0, 0.1) is 5.41 Å². The van der Waals surface area contributed by atoms with E-state index in [2.05, 4.69) is 12.1 Å². The van der Waals surface area contributed by atoms with E-state index < -0.39 is 0 Å². The second-order valence-electron chi connectivity index (χ2n) is 5.31. The van der Waals surface area contributed by atoms with E-state index in [1.165, 1.54) is 0 Å². The van der Waals surface area contributed by atoms with Crippen molar-refractivity contribution < 1.29 is 16.8 Å². The summed E-state index contributed by atoms with van der Waals surface area (Å²) < 4.78 is 5.97. The molecule has 2 aromatic rings. The molecule has 3 nitrogen and oxygen atoms in total. The Labute approximate surface area is 139 Å². The summed E-state index contributed by atoms with van der Waals surface area (Å²) in [5.74, 6) is 0.699. The third kappa shape index (κ3) is 2.56. The normalized spacial score (nSPS) is 10.6. The molecule has 4 rings (SSSR count). The lowest BCUT2D eigenvalue weighted by atomic mass is 9.94. The predicted octanol–water partition coefficient (Wildman–Crippen LogP) is 1.27. The highest BCUT2D eigenvalue weighted by atomic mass is 35.5. The predicted molar refractivity (Wildman–Crippen MR) is 88.5 cm³/mol. The Bertz CT molecular complexity index is 1010. The maximum atomic E-state index is 7.82. The molecule has 0 bridgehead atoms. The molecule has 0 spiro atoms. The average molecular weight is 322 g/mol. The van der Waals surface area contributed by atoms with Gasteiger partial charge in [0.25, 0.3) is 0 Å². The third-order valence-electron chi connectivity index (χ3n) is 3.81. The van der Waals surface area contributed by atoms with Crippen LogP contribution in [-0.2, 0) is 0 Å². The zero-order valence-electron chi connectivity index (χ0n) is 12.2. The van der Waals surface area contributed by atoms with Gasteiger partial charge in [0, 0.05) is 34.3 Å². The molecular weight excluding hydrogens is 308 g/mol. The van der Waals surface area contributed by atoms with Crippen molar-refractivity contribution in [2.45, 2.75) is 0 Å². The fraction of sp³-hybridized carbons (Fsp3) is 0. The van der Waals surface area contributed by atoms with Gasteiger partial charge in [-0.1, -0.05) is 30.3 Å². The van der Waals surface area contributed by atoms with Crippen molar-refractivity contribution in [2.24, 2.45) is 0 Å². The van der Waals surface area contributed by atoms with Crippen LogP contribution in [0.3, 0.4) is 0 Å². The largest absolute Gasteiger partial charge is 1.00 e. The number of hydrogen-bond donors (Lipinski definition) is 2. The first-order chi connectivity index (χ1) is 10.7. The second-order valence-corrected chi connectivity index (χ2v) is 5.31. The van der Waals surface area contributed by atoms with E-state index in [0.717, 1.165) is 27.7 Å². The summed E-state index contributed by atoms with van der Waals surface area (Å²) in [6.07, 6.45) is 0. The van der Waals surface area contributed by atoms with E-state index in [9.17, 15) is 0 Å². The molecule has 0 fully saturated rings. The van der Waals surface area contributed by atoms with Crippen molar-refractivity contribution in [3.63, 3.8) is 0 Å². The Morgan fingerprint density at radius 3 is 2.43 bits per heavy atom. The van der Waals surface area contributed by atoms with Gasteiger partial charge < -0.3 is 28.0 Å². The summed E-state index contributed by atoms with van der Waals surface area (Å²) >= 11 is 0. The van der Waals surface area contributed by atoms with Gasteiger partial charge in [-0.05, 0) is 29.8 Å². The lowest BCUT2D eigenvalue weighted by Gasteiger charge is -2.15. The Kier molecular flexibility index (Phi) is 3.80. The van der Waals surface area contributed by atoms with Crippen molar-refractivity contribution in [2.75, 3.05) is 5.73 Å². The molecule has 0 atom stereocenters. The second kappa shape index (κ2) is 5.78. The van der Waals surface area contributed by atoms with Gasteiger partial charge in [-0.25, -0.2) is 0 Å². The van der Waals surface area contributed by atoms with Crippen LogP contribution in [0.5, 0.6) is 0 Å². The molecule has 0 unspecified atom stereocenters. The minimum Gasteiger partial charge on any atom is -1.00 e. The van der Waals surface area contributed by atoms with Crippen LogP contribution in [-0.4, -0.2) is 0 Å². The summed E-state index contributed by atoms with van der Waals surface area (Å²) in [6, 6.07) is 21.4. The fourth-order valence-electron chi connectivity index (χ4n) is 2.82. The van der Waals surface area contributed by atoms with Crippen LogP contribution in [0.25, 0.3) is 33.4 Å². The van der Waals surface area contributed by atoms with E-state index in [-0.39, 0.29) is 12.4 Å². The zero-order valence-corrected chi connectivity index (χ0v) is 13.0. The number of nitrogens with two attached hydrogens (primary N) is 1. The maximum Gasteiger partial charge on any atom is 0.137 e. The molecule has 1 aliphatic carbocycles. The van der Waals surface area contributed by atoms with Crippen LogP contribution in [0.15, 0.2) is 71.1 Å². The molecule has 1 heterocycles. The van der Waals surface area contributed by atoms with Gasteiger partial charge in [-0.15, -0.1) is 0 Å². The maximum absolute atomic E-state index is 7.82. The van der Waals surface area contributed by atoms with Gasteiger partial charge in [0.15, 0.2) is 0 Å². The van der Waals surface area contributed by atoms with Crippen LogP contribution in [0.4, 0.5) is 5.69 Å².